The topological polar surface area (TPSA) is 117 Å². The Hall–Kier alpha value is -4.17. The van der Waals surface area contributed by atoms with Crippen molar-refractivity contribution in [2.24, 2.45) is 0 Å². The van der Waals surface area contributed by atoms with Crippen LogP contribution in [-0.4, -0.2) is 60.8 Å². The predicted molar refractivity (Wildman–Crippen MR) is 142 cm³/mol. The normalized spacial score (nSPS) is 12.8. The Morgan fingerprint density at radius 2 is 1.85 bits per heavy atom. The Kier molecular flexibility index (Phi) is 8.30. The first-order valence-electron chi connectivity index (χ1n) is 12.0. The van der Waals surface area contributed by atoms with Crippen LogP contribution in [0.5, 0.6) is 17.2 Å². The quantitative estimate of drug-likeness (QED) is 0.295. The smallest absolute Gasteiger partial charge is 0.457 e. The van der Waals surface area contributed by atoms with Gasteiger partial charge in [-0.2, -0.15) is 0 Å². The van der Waals surface area contributed by atoms with Gasteiger partial charge in [-0.15, -0.1) is 13.2 Å². The molecule has 0 fully saturated rings. The molecule has 4 aromatic rings. The number of halogens is 3. The van der Waals surface area contributed by atoms with Crippen LogP contribution in [0.15, 0.2) is 61.1 Å². The van der Waals surface area contributed by atoms with Crippen LogP contribution in [0.25, 0.3) is 11.0 Å². The van der Waals surface area contributed by atoms with Gasteiger partial charge in [0.2, 0.25) is 0 Å². The number of amides is 1. The third kappa shape index (κ3) is 7.70. The molecule has 4 rings (SSSR count). The number of fused-ring (bicyclic) bond motifs is 1. The Morgan fingerprint density at radius 3 is 2.55 bits per heavy atom. The van der Waals surface area contributed by atoms with Crippen molar-refractivity contribution in [3.8, 4) is 17.2 Å². The average molecular weight is 579 g/mol. The molecule has 0 saturated heterocycles. The molecule has 40 heavy (non-hydrogen) atoms. The molecule has 2 N–H and O–H groups in total. The van der Waals surface area contributed by atoms with E-state index in [2.05, 4.69) is 20.0 Å². The Bertz CT molecular complexity index is 1640. The van der Waals surface area contributed by atoms with Gasteiger partial charge < -0.3 is 19.4 Å². The fourth-order valence-corrected chi connectivity index (χ4v) is 4.66. The number of hydrogen-bond donors (Lipinski definition) is 2. The van der Waals surface area contributed by atoms with E-state index in [1.807, 2.05) is 16.8 Å². The minimum atomic E-state index is -4.80. The summed E-state index contributed by atoms with van der Waals surface area (Å²) in [6.45, 7) is 2.56. The van der Waals surface area contributed by atoms with E-state index in [0.717, 1.165) is 12.3 Å². The number of carbonyl (C=O) groups is 1. The lowest BCUT2D eigenvalue weighted by atomic mass is 10.2. The number of aromatic nitrogens is 3. The predicted octanol–water partition coefficient (Wildman–Crippen LogP) is 3.26. The van der Waals surface area contributed by atoms with Crippen molar-refractivity contribution >= 4 is 38.3 Å². The van der Waals surface area contributed by atoms with Crippen molar-refractivity contribution in [1.29, 1.82) is 0 Å². The lowest BCUT2D eigenvalue weighted by Gasteiger charge is -2.15. The fourth-order valence-electron chi connectivity index (χ4n) is 3.94. The number of sulfone groups is 1. The number of rotatable bonds is 10. The summed E-state index contributed by atoms with van der Waals surface area (Å²) in [5.74, 6) is -0.179. The van der Waals surface area contributed by atoms with Crippen LogP contribution in [0.4, 0.5) is 24.7 Å². The summed E-state index contributed by atoms with van der Waals surface area (Å²) in [6.07, 6.45) is -0.542. The summed E-state index contributed by atoms with van der Waals surface area (Å²) >= 11 is 0. The number of nitrogens with one attached hydrogen (secondary N) is 2. The van der Waals surface area contributed by atoms with Crippen LogP contribution >= 0.6 is 0 Å². The van der Waals surface area contributed by atoms with Crippen molar-refractivity contribution in [2.45, 2.75) is 19.8 Å². The van der Waals surface area contributed by atoms with E-state index >= 15 is 0 Å². The second-order valence-electron chi connectivity index (χ2n) is 9.22. The highest BCUT2D eigenvalue weighted by Crippen LogP contribution is 2.32. The number of alkyl halides is 3. The summed E-state index contributed by atoms with van der Waals surface area (Å²) in [5, 5.41) is 3.26. The standard InChI is InChI=1S/C26H26F3N5O5S/c1-17-13-18(7-8-22(17)38-19-5-4-6-20(14-19)39-26(27,28)29)32-25-24-21(30-16-31-25)9-10-34(24)12-11-33(2)23(35)15-40(3,36)37/h4-10,13-14,16H,11-12,15H2,1-3H3,(H,30,31,32)/p+1. The number of anilines is 2. The molecule has 0 aliphatic heterocycles. The van der Waals surface area contributed by atoms with Crippen LogP contribution in [0.1, 0.15) is 5.56 Å². The fraction of sp³-hybridized carbons (Fsp3) is 0.269. The van der Waals surface area contributed by atoms with Gasteiger partial charge in [0.15, 0.2) is 21.4 Å². The number of aryl methyl sites for hydroxylation is 1. The van der Waals surface area contributed by atoms with Gasteiger partial charge in [0.05, 0.1) is 19.1 Å². The maximum absolute atomic E-state index is 12.5. The highest BCUT2D eigenvalue weighted by Gasteiger charge is 2.31. The number of likely N-dealkylation sites (N-methyl/N-ethyl adjacent to an activating group) is 1. The lowest BCUT2D eigenvalue weighted by molar-refractivity contribution is -0.797. The molecule has 0 spiro atoms. The zero-order valence-corrected chi connectivity index (χ0v) is 22.6. The molecule has 0 aliphatic carbocycles. The third-order valence-corrected chi connectivity index (χ3v) is 6.64. The van der Waals surface area contributed by atoms with Crippen molar-refractivity contribution in [3.63, 3.8) is 0 Å². The number of hydrogen-bond acceptors (Lipinski definition) is 8. The van der Waals surface area contributed by atoms with E-state index in [1.165, 1.54) is 24.5 Å². The summed E-state index contributed by atoms with van der Waals surface area (Å²) in [4.78, 5) is 21.3. The minimum Gasteiger partial charge on any atom is -0.457 e. The first-order chi connectivity index (χ1) is 18.8. The van der Waals surface area contributed by atoms with Crippen molar-refractivity contribution in [3.05, 3.63) is 66.6 Å². The monoisotopic (exact) mass is 578 g/mol. The molecular formula is C26H27F3N5O5S+. The molecule has 0 aliphatic rings. The van der Waals surface area contributed by atoms with Crippen LogP contribution in [-0.2, 0) is 21.2 Å². The lowest BCUT2D eigenvalue weighted by Crippen LogP contribution is -3.12. The number of ether oxygens (including phenoxy) is 2. The second-order valence-corrected chi connectivity index (χ2v) is 11.4. The second kappa shape index (κ2) is 11.5. The Balaban J connectivity index is 1.49. The highest BCUT2D eigenvalue weighted by atomic mass is 32.2. The molecule has 1 amide bonds. The van der Waals surface area contributed by atoms with Gasteiger partial charge in [0.1, 0.15) is 35.6 Å². The van der Waals surface area contributed by atoms with E-state index in [0.29, 0.717) is 51.8 Å². The molecule has 212 valence electrons. The molecule has 0 bridgehead atoms. The molecule has 1 unspecified atom stereocenters. The van der Waals surface area contributed by atoms with Gasteiger partial charge >= 0.3 is 12.3 Å². The Morgan fingerprint density at radius 1 is 1.10 bits per heavy atom. The third-order valence-electron chi connectivity index (χ3n) is 5.85. The zero-order valence-electron chi connectivity index (χ0n) is 21.8. The van der Waals surface area contributed by atoms with Crippen molar-refractivity contribution < 1.29 is 40.8 Å². The number of quaternary nitrogens is 1. The highest BCUT2D eigenvalue weighted by molar-refractivity contribution is 7.91. The first-order valence-corrected chi connectivity index (χ1v) is 14.1. The molecule has 14 heteroatoms. The van der Waals surface area contributed by atoms with Gasteiger partial charge in [-0.3, -0.25) is 4.90 Å². The maximum atomic E-state index is 12.5. The summed E-state index contributed by atoms with van der Waals surface area (Å²) in [7, 11) is -1.79. The summed E-state index contributed by atoms with van der Waals surface area (Å²) in [6, 6.07) is 12.3. The van der Waals surface area contributed by atoms with Crippen LogP contribution in [0.3, 0.4) is 0 Å². The molecule has 10 nitrogen and oxygen atoms in total. The molecule has 2 aromatic heterocycles. The van der Waals surface area contributed by atoms with Crippen LogP contribution in [0.2, 0.25) is 0 Å². The number of carbonyl (C=O) groups excluding carboxylic acids is 1. The summed E-state index contributed by atoms with van der Waals surface area (Å²) < 4.78 is 72.1. The molecule has 0 radical (unpaired) electrons. The average Bonchev–Trinajstić information content (AvgIpc) is 3.26. The molecular weight excluding hydrogens is 551 g/mol. The van der Waals surface area contributed by atoms with Gasteiger partial charge in [-0.05, 0) is 48.9 Å². The molecule has 1 atom stereocenters. The first kappa shape index (κ1) is 28.8. The summed E-state index contributed by atoms with van der Waals surface area (Å²) in [5.41, 5.74) is 2.76. The zero-order chi connectivity index (χ0) is 29.1. The number of benzene rings is 2. The van der Waals surface area contributed by atoms with Crippen LogP contribution in [0, 0.1) is 6.92 Å². The van der Waals surface area contributed by atoms with Gasteiger partial charge in [-0.1, -0.05) is 6.07 Å². The SMILES string of the molecule is Cc1cc(Nc2ncnc3ccn(CC[NH+](C)C(=O)CS(C)(=O)=O)c23)ccc1Oc1cccc(OC(F)(F)F)c1. The van der Waals surface area contributed by atoms with E-state index in [9.17, 15) is 26.4 Å². The van der Waals surface area contributed by atoms with Crippen molar-refractivity contribution in [1.82, 2.24) is 14.5 Å². The minimum absolute atomic E-state index is 0.183. The molecule has 0 saturated carbocycles. The van der Waals surface area contributed by atoms with Gasteiger partial charge in [0.25, 0.3) is 0 Å². The largest absolute Gasteiger partial charge is 0.573 e. The van der Waals surface area contributed by atoms with E-state index in [-0.39, 0.29) is 11.5 Å². The van der Waals surface area contributed by atoms with Gasteiger partial charge in [-0.25, -0.2) is 23.2 Å². The van der Waals surface area contributed by atoms with E-state index in [4.69, 9.17) is 4.74 Å². The van der Waals surface area contributed by atoms with Gasteiger partial charge in [0, 0.05) is 24.2 Å². The maximum Gasteiger partial charge on any atom is 0.573 e. The molecule has 2 heterocycles. The van der Waals surface area contributed by atoms with Crippen LogP contribution < -0.4 is 19.7 Å². The van der Waals surface area contributed by atoms with E-state index in [1.54, 1.807) is 32.2 Å². The Labute approximate surface area is 228 Å². The van der Waals surface area contributed by atoms with Crippen molar-refractivity contribution in [2.75, 3.05) is 30.9 Å². The number of nitrogens with zero attached hydrogens (tertiary/aromatic N) is 3. The molecule has 2 aromatic carbocycles. The van der Waals surface area contributed by atoms with E-state index < -0.39 is 27.9 Å².